The number of hydrogen-bond donors (Lipinski definition) is 0. The van der Waals surface area contributed by atoms with E-state index >= 15 is 0 Å². The molecule has 2 saturated heterocycles. The summed E-state index contributed by atoms with van der Waals surface area (Å²) < 4.78 is 12.0. The highest BCUT2D eigenvalue weighted by molar-refractivity contribution is 6.23. The minimum absolute atomic E-state index is 0.210. The van der Waals surface area contributed by atoms with Crippen molar-refractivity contribution in [3.63, 3.8) is 0 Å². The number of anilines is 1. The summed E-state index contributed by atoms with van der Waals surface area (Å²) in [6, 6.07) is 30.5. The summed E-state index contributed by atoms with van der Waals surface area (Å²) in [6.07, 6.45) is 1.37. The molecule has 5 aliphatic rings. The second-order valence-electron chi connectivity index (χ2n) is 12.8. The smallest absolute Gasteiger partial charge is 0.237 e. The van der Waals surface area contributed by atoms with Crippen LogP contribution in [-0.2, 0) is 19.2 Å². The van der Waals surface area contributed by atoms with Crippen LogP contribution in [0.2, 0.25) is 0 Å². The topological polar surface area (TPSA) is 93.2 Å². The number of imide groups is 2. The fourth-order valence-corrected chi connectivity index (χ4v) is 8.15. The molecule has 4 aromatic rings. The third kappa shape index (κ3) is 4.42. The van der Waals surface area contributed by atoms with E-state index in [1.165, 1.54) is 22.4 Å². The van der Waals surface area contributed by atoms with Crippen molar-refractivity contribution in [3.8, 4) is 34.1 Å². The number of aryl methyl sites for hydroxylation is 1. The normalized spacial score (nSPS) is 26.4. The van der Waals surface area contributed by atoms with Crippen LogP contribution in [-0.4, -0.2) is 35.6 Å². The number of rotatable bonds is 6. The molecule has 0 N–H and O–H groups in total. The van der Waals surface area contributed by atoms with E-state index in [0.717, 1.165) is 22.6 Å². The summed E-state index contributed by atoms with van der Waals surface area (Å²) in [5.41, 5.74) is 3.74. The lowest BCUT2D eigenvalue weighted by Gasteiger charge is -2.48. The van der Waals surface area contributed by atoms with Gasteiger partial charge >= 0.3 is 0 Å². The number of benzene rings is 4. The number of hydrogen-bond acceptors (Lipinski definition) is 6. The van der Waals surface area contributed by atoms with Gasteiger partial charge in [-0.15, -0.1) is 0 Å². The zero-order valence-corrected chi connectivity index (χ0v) is 25.5. The molecule has 8 heteroatoms. The Balaban J connectivity index is 0.939. The molecule has 2 bridgehead atoms. The van der Waals surface area contributed by atoms with Gasteiger partial charge in [-0.1, -0.05) is 42.0 Å². The molecular formula is C38H32N2O6. The minimum Gasteiger partial charge on any atom is -0.457 e. The maximum Gasteiger partial charge on any atom is 0.237 e. The van der Waals surface area contributed by atoms with Gasteiger partial charge in [-0.3, -0.25) is 29.0 Å². The van der Waals surface area contributed by atoms with Crippen molar-refractivity contribution in [3.05, 3.63) is 103 Å². The lowest BCUT2D eigenvalue weighted by Crippen LogP contribution is -2.53. The molecule has 3 aliphatic carbocycles. The monoisotopic (exact) mass is 612 g/mol. The van der Waals surface area contributed by atoms with Crippen LogP contribution < -0.4 is 14.4 Å². The van der Waals surface area contributed by atoms with Crippen molar-refractivity contribution in [2.75, 3.05) is 11.9 Å². The van der Waals surface area contributed by atoms with Gasteiger partial charge in [0.15, 0.2) is 0 Å². The molecule has 3 saturated carbocycles. The van der Waals surface area contributed by atoms with Gasteiger partial charge in [0, 0.05) is 7.05 Å². The summed E-state index contributed by atoms with van der Waals surface area (Å²) in [5.74, 6) is -0.827. The summed E-state index contributed by atoms with van der Waals surface area (Å²) in [5, 5.41) is 0. The number of carbonyl (C=O) groups is 4. The van der Waals surface area contributed by atoms with E-state index in [2.05, 4.69) is 0 Å². The van der Waals surface area contributed by atoms with Crippen LogP contribution in [0.4, 0.5) is 5.69 Å². The number of fused-ring (bicyclic) bond motifs is 1. The highest BCUT2D eigenvalue weighted by atomic mass is 16.5. The lowest BCUT2D eigenvalue weighted by molar-refractivity contribution is -0.148. The molecule has 5 fully saturated rings. The first-order valence-corrected chi connectivity index (χ1v) is 15.7. The average molecular weight is 613 g/mol. The first-order chi connectivity index (χ1) is 22.3. The Morgan fingerprint density at radius 3 is 1.26 bits per heavy atom. The van der Waals surface area contributed by atoms with E-state index in [4.69, 9.17) is 9.47 Å². The first-order valence-electron chi connectivity index (χ1n) is 15.7. The predicted octanol–water partition coefficient (Wildman–Crippen LogP) is 6.62. The van der Waals surface area contributed by atoms with Crippen molar-refractivity contribution in [1.29, 1.82) is 0 Å². The molecule has 9 rings (SSSR count). The van der Waals surface area contributed by atoms with E-state index < -0.39 is 23.7 Å². The number of carbonyl (C=O) groups excluding carboxylic acids is 4. The molecule has 6 atom stereocenters. The molecule has 4 aromatic carbocycles. The van der Waals surface area contributed by atoms with E-state index in [1.807, 2.05) is 79.7 Å². The molecule has 6 unspecified atom stereocenters. The maximum absolute atomic E-state index is 13.7. The van der Waals surface area contributed by atoms with Gasteiger partial charge in [0.2, 0.25) is 23.6 Å². The minimum atomic E-state index is -0.554. The van der Waals surface area contributed by atoms with Crippen LogP contribution in [0.1, 0.15) is 18.4 Å². The average Bonchev–Trinajstić information content (AvgIpc) is 3.49. The summed E-state index contributed by atoms with van der Waals surface area (Å²) in [7, 11) is 1.51. The molecule has 2 aliphatic heterocycles. The van der Waals surface area contributed by atoms with Gasteiger partial charge in [-0.25, -0.2) is 0 Å². The van der Waals surface area contributed by atoms with E-state index in [9.17, 15) is 19.2 Å². The van der Waals surface area contributed by atoms with Crippen LogP contribution >= 0.6 is 0 Å². The zero-order valence-electron chi connectivity index (χ0n) is 25.5. The molecule has 2 heterocycles. The van der Waals surface area contributed by atoms with Crippen LogP contribution in [0.15, 0.2) is 97.1 Å². The highest BCUT2D eigenvalue weighted by Gasteiger charge is 2.69. The number of nitrogens with zero attached hydrogens (tertiary/aromatic N) is 2. The molecular weight excluding hydrogens is 580 g/mol. The summed E-state index contributed by atoms with van der Waals surface area (Å²) in [6.45, 7) is 2.04. The fraction of sp³-hybridized carbons (Fsp3) is 0.263. The van der Waals surface area contributed by atoms with E-state index in [0.29, 0.717) is 30.0 Å². The second kappa shape index (κ2) is 10.7. The lowest BCUT2D eigenvalue weighted by atomic mass is 9.51. The Hall–Kier alpha value is -5.24. The summed E-state index contributed by atoms with van der Waals surface area (Å²) >= 11 is 0. The third-order valence-electron chi connectivity index (χ3n) is 10.3. The highest BCUT2D eigenvalue weighted by Crippen LogP contribution is 2.60. The molecule has 230 valence electrons. The van der Waals surface area contributed by atoms with Gasteiger partial charge in [0.25, 0.3) is 0 Å². The van der Waals surface area contributed by atoms with Crippen LogP contribution in [0.5, 0.6) is 23.0 Å². The van der Waals surface area contributed by atoms with E-state index in [1.54, 1.807) is 24.3 Å². The predicted molar refractivity (Wildman–Crippen MR) is 170 cm³/mol. The van der Waals surface area contributed by atoms with Crippen molar-refractivity contribution in [1.82, 2.24) is 4.90 Å². The van der Waals surface area contributed by atoms with Gasteiger partial charge in [-0.2, -0.15) is 0 Å². The number of likely N-dealkylation sites (tertiary alicyclic amines) is 1. The Bertz CT molecular complexity index is 1820. The quantitative estimate of drug-likeness (QED) is 0.227. The second-order valence-corrected chi connectivity index (χ2v) is 12.8. The largest absolute Gasteiger partial charge is 0.457 e. The third-order valence-corrected chi connectivity index (χ3v) is 10.3. The molecule has 46 heavy (non-hydrogen) atoms. The number of ether oxygens (including phenoxy) is 2. The molecule has 4 amide bonds. The Labute approximate surface area is 266 Å². The Morgan fingerprint density at radius 2 is 0.848 bits per heavy atom. The molecule has 0 spiro atoms. The Kier molecular flexibility index (Phi) is 6.56. The Morgan fingerprint density at radius 1 is 0.500 bits per heavy atom. The van der Waals surface area contributed by atoms with Crippen molar-refractivity contribution in [2.45, 2.75) is 19.8 Å². The van der Waals surface area contributed by atoms with Crippen molar-refractivity contribution in [2.24, 2.45) is 35.5 Å². The van der Waals surface area contributed by atoms with Gasteiger partial charge in [-0.05, 0) is 103 Å². The van der Waals surface area contributed by atoms with Gasteiger partial charge in [0.1, 0.15) is 23.0 Å². The standard InChI is InChI=1S/C38H32N2O6/c1-21-3-11-25(12-4-21)45-26-13-5-22(6-14-26)23-7-15-27(16-8-23)46-28-17-9-24(10-18-28)40-37(43)33-29-19-20-30(34(33)38(40)44)32-31(29)35(41)39(2)36(32)42/h3-18,29-34H,19-20H2,1-2H3. The van der Waals surface area contributed by atoms with Crippen LogP contribution in [0.3, 0.4) is 0 Å². The summed E-state index contributed by atoms with van der Waals surface area (Å²) in [4.78, 5) is 55.6. The van der Waals surface area contributed by atoms with Crippen molar-refractivity contribution < 1.29 is 28.7 Å². The van der Waals surface area contributed by atoms with Crippen molar-refractivity contribution >= 4 is 29.3 Å². The van der Waals surface area contributed by atoms with Gasteiger partial charge < -0.3 is 9.47 Å². The molecule has 0 aromatic heterocycles. The zero-order chi connectivity index (χ0) is 31.7. The van der Waals surface area contributed by atoms with E-state index in [-0.39, 0.29) is 35.5 Å². The molecule has 8 nitrogen and oxygen atoms in total. The SMILES string of the molecule is Cc1ccc(Oc2ccc(-c3ccc(Oc4ccc(N5C(=O)C6C7CCC(C8C(=O)N(C)C(=O)C78)C6C5=O)cc4)cc3)cc2)cc1. The first kappa shape index (κ1) is 28.2. The number of amides is 4. The maximum atomic E-state index is 13.7. The molecule has 0 radical (unpaired) electrons. The fourth-order valence-electron chi connectivity index (χ4n) is 8.15. The van der Waals surface area contributed by atoms with Crippen LogP contribution in [0.25, 0.3) is 11.1 Å². The van der Waals surface area contributed by atoms with Crippen LogP contribution in [0, 0.1) is 42.4 Å². The van der Waals surface area contributed by atoms with Gasteiger partial charge in [0.05, 0.1) is 29.4 Å².